The molecule has 0 atom stereocenters. The molecule has 0 bridgehead atoms. The van der Waals surface area contributed by atoms with Crippen molar-refractivity contribution in [1.82, 2.24) is 10.3 Å². The van der Waals surface area contributed by atoms with E-state index in [0.29, 0.717) is 0 Å². The third-order valence-electron chi connectivity index (χ3n) is 2.37. The minimum absolute atomic E-state index is 0.888. The first-order valence-electron chi connectivity index (χ1n) is 6.01. The van der Waals surface area contributed by atoms with Crippen LogP contribution in [-0.4, -0.2) is 18.1 Å². The predicted octanol–water partition coefficient (Wildman–Crippen LogP) is 2.56. The molecule has 0 spiro atoms. The topological polar surface area (TPSA) is 38.1 Å². The highest BCUT2D eigenvalue weighted by Gasteiger charge is 2.02. The van der Waals surface area contributed by atoms with Crippen LogP contribution in [0.25, 0.3) is 0 Å². The Morgan fingerprint density at radius 1 is 1.27 bits per heavy atom. The number of aromatic nitrogens is 1. The lowest BCUT2D eigenvalue weighted by molar-refractivity contribution is 0.442. The zero-order chi connectivity index (χ0) is 10.9. The maximum atomic E-state index is 5.63. The smallest absolute Gasteiger partial charge is 0.194 e. The highest BCUT2D eigenvalue weighted by Crippen LogP contribution is 2.08. The van der Waals surface area contributed by atoms with Crippen LogP contribution in [-0.2, 0) is 12.8 Å². The molecule has 1 heterocycles. The van der Waals surface area contributed by atoms with Crippen molar-refractivity contribution < 1.29 is 4.42 Å². The van der Waals surface area contributed by atoms with Gasteiger partial charge in [0, 0.05) is 12.8 Å². The lowest BCUT2D eigenvalue weighted by atomic mass is 10.2. The minimum atomic E-state index is 0.888. The Bertz CT molecular complexity index is 258. The second kappa shape index (κ2) is 7.46. The summed E-state index contributed by atoms with van der Waals surface area (Å²) in [5.74, 6) is 1.93. The van der Waals surface area contributed by atoms with Gasteiger partial charge in [-0.1, -0.05) is 20.3 Å². The van der Waals surface area contributed by atoms with Gasteiger partial charge in [0.1, 0.15) is 5.76 Å². The molecule has 3 nitrogen and oxygen atoms in total. The third-order valence-corrected chi connectivity index (χ3v) is 2.37. The maximum absolute atomic E-state index is 5.63. The first kappa shape index (κ1) is 12.2. The van der Waals surface area contributed by atoms with Gasteiger partial charge in [0.05, 0.1) is 6.20 Å². The molecule has 0 radical (unpaired) electrons. The second-order valence-electron chi connectivity index (χ2n) is 3.78. The number of rotatable bonds is 8. The van der Waals surface area contributed by atoms with Crippen molar-refractivity contribution >= 4 is 0 Å². The molecule has 1 rings (SSSR count). The van der Waals surface area contributed by atoms with E-state index in [1.165, 1.54) is 12.8 Å². The quantitative estimate of drug-likeness (QED) is 0.670. The van der Waals surface area contributed by atoms with E-state index in [1.54, 1.807) is 0 Å². The van der Waals surface area contributed by atoms with Gasteiger partial charge in [-0.15, -0.1) is 0 Å². The molecule has 1 aromatic heterocycles. The molecule has 0 aromatic carbocycles. The van der Waals surface area contributed by atoms with E-state index >= 15 is 0 Å². The molecule has 0 saturated carbocycles. The van der Waals surface area contributed by atoms with Crippen molar-refractivity contribution in [1.29, 1.82) is 0 Å². The second-order valence-corrected chi connectivity index (χ2v) is 3.78. The monoisotopic (exact) mass is 210 g/mol. The number of oxazole rings is 1. The summed E-state index contributed by atoms with van der Waals surface area (Å²) in [6.07, 6.45) is 7.33. The van der Waals surface area contributed by atoms with Crippen molar-refractivity contribution in [3.63, 3.8) is 0 Å². The van der Waals surface area contributed by atoms with Crippen LogP contribution in [0.2, 0.25) is 0 Å². The SMILES string of the molecule is CCCCc1cnc(CCCNCC)o1. The Kier molecular flexibility index (Phi) is 6.09. The third kappa shape index (κ3) is 4.98. The van der Waals surface area contributed by atoms with E-state index in [9.17, 15) is 0 Å². The number of aryl methyl sites for hydroxylation is 2. The van der Waals surface area contributed by atoms with Gasteiger partial charge in [0.25, 0.3) is 0 Å². The summed E-state index contributed by atoms with van der Waals surface area (Å²) in [5.41, 5.74) is 0. The molecule has 86 valence electrons. The molecule has 0 fully saturated rings. The molecule has 1 N–H and O–H groups in total. The Morgan fingerprint density at radius 2 is 2.13 bits per heavy atom. The van der Waals surface area contributed by atoms with Crippen LogP contribution in [0.3, 0.4) is 0 Å². The lowest BCUT2D eigenvalue weighted by Crippen LogP contribution is -2.14. The van der Waals surface area contributed by atoms with Gasteiger partial charge < -0.3 is 9.73 Å². The zero-order valence-electron chi connectivity index (χ0n) is 9.88. The first-order valence-corrected chi connectivity index (χ1v) is 6.01. The van der Waals surface area contributed by atoms with E-state index < -0.39 is 0 Å². The highest BCUT2D eigenvalue weighted by molar-refractivity contribution is 4.94. The minimum Gasteiger partial charge on any atom is -0.446 e. The fourth-order valence-electron chi connectivity index (χ4n) is 1.47. The van der Waals surface area contributed by atoms with Crippen molar-refractivity contribution in [3.05, 3.63) is 17.8 Å². The molecular weight excluding hydrogens is 188 g/mol. The molecule has 0 amide bonds. The summed E-state index contributed by atoms with van der Waals surface area (Å²) in [6, 6.07) is 0. The summed E-state index contributed by atoms with van der Waals surface area (Å²) < 4.78 is 5.63. The molecule has 0 aliphatic heterocycles. The number of nitrogens with one attached hydrogen (secondary N) is 1. The average Bonchev–Trinajstić information content (AvgIpc) is 2.69. The molecule has 15 heavy (non-hydrogen) atoms. The average molecular weight is 210 g/mol. The Labute approximate surface area is 92.3 Å². The molecule has 1 aromatic rings. The van der Waals surface area contributed by atoms with Crippen LogP contribution in [0.4, 0.5) is 0 Å². The van der Waals surface area contributed by atoms with Crippen LogP contribution < -0.4 is 5.32 Å². The predicted molar refractivity (Wildman–Crippen MR) is 62.0 cm³/mol. The fraction of sp³-hybridized carbons (Fsp3) is 0.750. The molecule has 3 heteroatoms. The largest absolute Gasteiger partial charge is 0.446 e. The van der Waals surface area contributed by atoms with Crippen molar-refractivity contribution in [3.8, 4) is 0 Å². The van der Waals surface area contributed by atoms with Crippen LogP contribution in [0.1, 0.15) is 44.8 Å². The zero-order valence-corrected chi connectivity index (χ0v) is 9.88. The van der Waals surface area contributed by atoms with Crippen LogP contribution >= 0.6 is 0 Å². The summed E-state index contributed by atoms with van der Waals surface area (Å²) in [6.45, 7) is 6.39. The van der Waals surface area contributed by atoms with Crippen LogP contribution in [0.15, 0.2) is 10.6 Å². The number of nitrogens with zero attached hydrogens (tertiary/aromatic N) is 1. The van der Waals surface area contributed by atoms with E-state index in [1.807, 2.05) is 6.20 Å². The number of hydrogen-bond donors (Lipinski definition) is 1. The Morgan fingerprint density at radius 3 is 2.87 bits per heavy atom. The van der Waals surface area contributed by atoms with Crippen molar-refractivity contribution in [2.75, 3.05) is 13.1 Å². The first-order chi connectivity index (χ1) is 7.36. The summed E-state index contributed by atoms with van der Waals surface area (Å²) in [4.78, 5) is 4.27. The van der Waals surface area contributed by atoms with Crippen LogP contribution in [0.5, 0.6) is 0 Å². The van der Waals surface area contributed by atoms with Gasteiger partial charge in [-0.25, -0.2) is 4.98 Å². The number of hydrogen-bond acceptors (Lipinski definition) is 3. The van der Waals surface area contributed by atoms with Crippen LogP contribution in [0, 0.1) is 0 Å². The highest BCUT2D eigenvalue weighted by atomic mass is 16.4. The molecule has 0 aliphatic carbocycles. The maximum Gasteiger partial charge on any atom is 0.194 e. The molecule has 0 aliphatic rings. The summed E-state index contributed by atoms with van der Waals surface area (Å²) in [5, 5.41) is 3.29. The lowest BCUT2D eigenvalue weighted by Gasteiger charge is -1.98. The van der Waals surface area contributed by atoms with Gasteiger partial charge >= 0.3 is 0 Å². The van der Waals surface area contributed by atoms with E-state index in [4.69, 9.17) is 4.42 Å². The Hall–Kier alpha value is -0.830. The van der Waals surface area contributed by atoms with Crippen molar-refractivity contribution in [2.24, 2.45) is 0 Å². The van der Waals surface area contributed by atoms with Crippen molar-refractivity contribution in [2.45, 2.75) is 46.0 Å². The summed E-state index contributed by atoms with van der Waals surface area (Å²) >= 11 is 0. The van der Waals surface area contributed by atoms with Gasteiger partial charge in [-0.05, 0) is 25.9 Å². The summed E-state index contributed by atoms with van der Waals surface area (Å²) in [7, 11) is 0. The molecule has 0 saturated heterocycles. The fourth-order valence-corrected chi connectivity index (χ4v) is 1.47. The van der Waals surface area contributed by atoms with E-state index in [0.717, 1.165) is 44.0 Å². The van der Waals surface area contributed by atoms with Gasteiger partial charge in [0.2, 0.25) is 0 Å². The number of unbranched alkanes of at least 4 members (excludes halogenated alkanes) is 1. The molecular formula is C12H22N2O. The Balaban J connectivity index is 2.20. The normalized spacial score (nSPS) is 10.8. The van der Waals surface area contributed by atoms with Gasteiger partial charge in [0.15, 0.2) is 5.89 Å². The van der Waals surface area contributed by atoms with E-state index in [-0.39, 0.29) is 0 Å². The van der Waals surface area contributed by atoms with E-state index in [2.05, 4.69) is 24.1 Å². The van der Waals surface area contributed by atoms with Gasteiger partial charge in [-0.2, -0.15) is 0 Å². The van der Waals surface area contributed by atoms with Gasteiger partial charge in [-0.3, -0.25) is 0 Å². The standard InChI is InChI=1S/C12H22N2O/c1-3-5-7-11-10-14-12(15-11)8-6-9-13-4-2/h10,13H,3-9H2,1-2H3. The molecule has 0 unspecified atom stereocenters.